The molecule has 3 aliphatic carbocycles. The molecule has 0 saturated heterocycles. The third-order valence-corrected chi connectivity index (χ3v) is 8.82. The molecule has 7 N–H and O–H groups in total. The van der Waals surface area contributed by atoms with Crippen molar-refractivity contribution in [2.24, 2.45) is 17.6 Å². The first-order valence-electron chi connectivity index (χ1n) is 14.2. The molecular formula is C31H33F3N4O8. The molecule has 15 heteroatoms. The minimum absolute atomic E-state index is 0.0420. The number of nitrogens with one attached hydrogen (secondary N) is 1. The van der Waals surface area contributed by atoms with Gasteiger partial charge < -0.3 is 41.1 Å². The first-order valence-corrected chi connectivity index (χ1v) is 14.2. The molecule has 1 amide bonds. The molecule has 0 heterocycles. The second kappa shape index (κ2) is 11.2. The van der Waals surface area contributed by atoms with E-state index in [0.29, 0.717) is 16.8 Å². The Bertz CT molecular complexity index is 1700. The fourth-order valence-corrected chi connectivity index (χ4v) is 6.83. The highest BCUT2D eigenvalue weighted by Crippen LogP contribution is 2.54. The predicted molar refractivity (Wildman–Crippen MR) is 159 cm³/mol. The number of halogens is 3. The highest BCUT2D eigenvalue weighted by molar-refractivity contribution is 6.24. The minimum atomic E-state index is -4.84. The summed E-state index contributed by atoms with van der Waals surface area (Å²) in [6.07, 6.45) is -4.78. The van der Waals surface area contributed by atoms with Crippen molar-refractivity contribution in [1.29, 1.82) is 0 Å². The van der Waals surface area contributed by atoms with Crippen molar-refractivity contribution in [1.82, 2.24) is 4.90 Å². The van der Waals surface area contributed by atoms with Crippen LogP contribution < -0.4 is 20.7 Å². The standard InChI is InChI=1S/C31H33F3N4O8/c1-37(2)19-11-18(36-12-13-5-7-15(8-6-13)46-31(32,33)34)24(39)21-16(19)9-14-10-17-23(38(3)4)26(41)22(29(35)44)28(43)30(17,45)27(42)20(14)25(21)40/h5-8,11,14,17,23,36,39-40,43,45H,9-10,12H2,1-4H3,(H2,35,44). The molecular weight excluding hydrogens is 613 g/mol. The fraction of sp³-hybridized carbons (Fsp3) is 0.387. The Morgan fingerprint density at radius 1 is 1.11 bits per heavy atom. The normalized spacial score (nSPS) is 24.4. The number of likely N-dealkylation sites (N-methyl/N-ethyl adjacent to an activating group) is 1. The maximum Gasteiger partial charge on any atom is 0.573 e. The van der Waals surface area contributed by atoms with E-state index >= 15 is 0 Å². The van der Waals surface area contributed by atoms with Crippen LogP contribution in [0.1, 0.15) is 23.1 Å². The quantitative estimate of drug-likeness (QED) is 0.192. The van der Waals surface area contributed by atoms with Crippen LogP contribution in [-0.2, 0) is 27.3 Å². The van der Waals surface area contributed by atoms with Gasteiger partial charge in [-0.1, -0.05) is 12.1 Å². The van der Waals surface area contributed by atoms with Crippen LogP contribution in [0.4, 0.5) is 24.5 Å². The van der Waals surface area contributed by atoms with Crippen molar-refractivity contribution in [3.63, 3.8) is 0 Å². The van der Waals surface area contributed by atoms with Gasteiger partial charge in [0.15, 0.2) is 11.4 Å². The van der Waals surface area contributed by atoms with E-state index < -0.39 is 75.9 Å². The number of hydrogen-bond acceptors (Lipinski definition) is 11. The fourth-order valence-electron chi connectivity index (χ4n) is 6.83. The van der Waals surface area contributed by atoms with Crippen LogP contribution in [0.15, 0.2) is 47.2 Å². The van der Waals surface area contributed by atoms with Gasteiger partial charge in [-0.3, -0.25) is 19.3 Å². The number of amides is 1. The summed E-state index contributed by atoms with van der Waals surface area (Å²) < 4.78 is 41.4. The van der Waals surface area contributed by atoms with Gasteiger partial charge in [0.1, 0.15) is 28.6 Å². The summed E-state index contributed by atoms with van der Waals surface area (Å²) >= 11 is 0. The van der Waals surface area contributed by atoms with E-state index in [-0.39, 0.29) is 36.2 Å². The van der Waals surface area contributed by atoms with E-state index in [1.54, 1.807) is 25.1 Å². The van der Waals surface area contributed by atoms with Crippen LogP contribution in [0.5, 0.6) is 11.5 Å². The molecule has 4 unspecified atom stereocenters. The molecule has 246 valence electrons. The Morgan fingerprint density at radius 3 is 2.28 bits per heavy atom. The summed E-state index contributed by atoms with van der Waals surface area (Å²) in [6.45, 7) is 0.0420. The number of nitrogens with two attached hydrogens (primary N) is 1. The van der Waals surface area contributed by atoms with Crippen LogP contribution in [0.2, 0.25) is 0 Å². The third kappa shape index (κ3) is 5.18. The van der Waals surface area contributed by atoms with Gasteiger partial charge in [-0.2, -0.15) is 0 Å². The number of primary amides is 1. The Labute approximate surface area is 261 Å². The van der Waals surface area contributed by atoms with Crippen molar-refractivity contribution in [3.05, 3.63) is 63.9 Å². The van der Waals surface area contributed by atoms with Gasteiger partial charge in [-0.25, -0.2) is 0 Å². The number of alkyl halides is 3. The van der Waals surface area contributed by atoms with Gasteiger partial charge in [0.05, 0.1) is 17.3 Å². The number of nitrogens with zero attached hydrogens (tertiary/aromatic N) is 2. The number of phenols is 1. The number of ether oxygens (including phenoxy) is 1. The van der Waals surface area contributed by atoms with Crippen LogP contribution in [0, 0.1) is 11.8 Å². The average Bonchev–Trinajstić information content (AvgIpc) is 2.94. The first-order chi connectivity index (χ1) is 21.4. The number of aliphatic hydroxyl groups excluding tert-OH is 2. The summed E-state index contributed by atoms with van der Waals surface area (Å²) in [5.74, 6) is -7.89. The van der Waals surface area contributed by atoms with E-state index in [1.807, 2.05) is 0 Å². The zero-order chi connectivity index (χ0) is 34.0. The highest BCUT2D eigenvalue weighted by atomic mass is 19.4. The number of fused-ring (bicyclic) bond motifs is 3. The average molecular weight is 647 g/mol. The maximum absolute atomic E-state index is 14.1. The van der Waals surface area contributed by atoms with Crippen molar-refractivity contribution in [2.45, 2.75) is 37.4 Å². The molecule has 12 nitrogen and oxygen atoms in total. The molecule has 5 rings (SSSR count). The van der Waals surface area contributed by atoms with E-state index in [1.165, 1.54) is 31.1 Å². The zero-order valence-corrected chi connectivity index (χ0v) is 25.3. The number of carbonyl (C=O) groups is 3. The molecule has 0 aliphatic heterocycles. The molecule has 4 atom stereocenters. The van der Waals surface area contributed by atoms with E-state index in [0.717, 1.165) is 12.1 Å². The largest absolute Gasteiger partial charge is 0.573 e. The number of anilines is 2. The summed E-state index contributed by atoms with van der Waals surface area (Å²) in [5.41, 5.74) is 3.02. The molecule has 2 aromatic rings. The molecule has 0 spiro atoms. The number of Topliss-reactive ketones (excluding diaryl/α,β-unsaturated/α-hetero) is 2. The summed E-state index contributed by atoms with van der Waals surface area (Å²) in [4.78, 5) is 42.7. The van der Waals surface area contributed by atoms with Crippen LogP contribution in [0.3, 0.4) is 0 Å². The topological polar surface area (TPSA) is 186 Å². The van der Waals surface area contributed by atoms with Gasteiger partial charge in [0.25, 0.3) is 5.91 Å². The summed E-state index contributed by atoms with van der Waals surface area (Å²) in [7, 11) is 6.50. The molecule has 0 bridgehead atoms. The molecule has 46 heavy (non-hydrogen) atoms. The molecule has 0 aromatic heterocycles. The van der Waals surface area contributed by atoms with Crippen LogP contribution in [0.25, 0.3) is 5.76 Å². The Hall–Kier alpha value is -4.76. The molecule has 2 aromatic carbocycles. The number of carbonyl (C=O) groups excluding carboxylic acids is 3. The van der Waals surface area contributed by atoms with Gasteiger partial charge in [-0.05, 0) is 62.2 Å². The van der Waals surface area contributed by atoms with Crippen molar-refractivity contribution in [3.8, 4) is 11.5 Å². The lowest BCUT2D eigenvalue weighted by atomic mass is 9.57. The van der Waals surface area contributed by atoms with Crippen LogP contribution in [-0.4, -0.2) is 89.0 Å². The Morgan fingerprint density at radius 2 is 1.74 bits per heavy atom. The predicted octanol–water partition coefficient (Wildman–Crippen LogP) is 2.54. The third-order valence-electron chi connectivity index (χ3n) is 8.82. The van der Waals surface area contributed by atoms with Gasteiger partial charge in [-0.15, -0.1) is 13.2 Å². The van der Waals surface area contributed by atoms with Crippen LogP contribution >= 0.6 is 0 Å². The maximum atomic E-state index is 14.1. The molecule has 3 aliphatic rings. The van der Waals surface area contributed by atoms with Crippen molar-refractivity contribution < 1.29 is 52.7 Å². The number of phenolic OH excluding ortho intramolecular Hbond substituents is 1. The molecule has 1 saturated carbocycles. The number of benzene rings is 2. The number of ketones is 2. The molecule has 0 radical (unpaired) electrons. The van der Waals surface area contributed by atoms with E-state index in [2.05, 4.69) is 10.1 Å². The van der Waals surface area contributed by atoms with Gasteiger partial charge >= 0.3 is 6.36 Å². The smallest absolute Gasteiger partial charge is 0.508 e. The Balaban J connectivity index is 1.58. The number of aromatic hydroxyl groups is 1. The minimum Gasteiger partial charge on any atom is -0.508 e. The number of rotatable bonds is 7. The second-order valence-electron chi connectivity index (χ2n) is 12.0. The van der Waals surface area contributed by atoms with E-state index in [4.69, 9.17) is 5.73 Å². The number of aliphatic hydroxyl groups is 3. The zero-order valence-electron chi connectivity index (χ0n) is 25.3. The van der Waals surface area contributed by atoms with E-state index in [9.17, 15) is 48.0 Å². The lowest BCUT2D eigenvalue weighted by molar-refractivity contribution is -0.274. The monoisotopic (exact) mass is 646 g/mol. The number of hydrogen-bond donors (Lipinski definition) is 6. The van der Waals surface area contributed by atoms with Gasteiger partial charge in [0.2, 0.25) is 5.78 Å². The highest BCUT2D eigenvalue weighted by Gasteiger charge is 2.64. The molecule has 1 fully saturated rings. The first kappa shape index (κ1) is 32.6. The van der Waals surface area contributed by atoms with Crippen molar-refractivity contribution >= 4 is 34.6 Å². The lowest BCUT2D eigenvalue weighted by Gasteiger charge is -2.50. The summed E-state index contributed by atoms with van der Waals surface area (Å²) in [5, 5.41) is 48.8. The lowest BCUT2D eigenvalue weighted by Crippen LogP contribution is -2.65. The Kier molecular flexibility index (Phi) is 7.97. The van der Waals surface area contributed by atoms with Crippen molar-refractivity contribution in [2.75, 3.05) is 38.4 Å². The summed E-state index contributed by atoms with van der Waals surface area (Å²) in [6, 6.07) is 5.50. The van der Waals surface area contributed by atoms with Gasteiger partial charge in [0, 0.05) is 37.8 Å². The SMILES string of the molecule is CN(C)c1cc(NCc2ccc(OC(F)(F)F)cc2)c(O)c2c1CC1CC3C(N(C)C)C(=O)C(C(N)=O)=C(O)C3(O)C(=O)C1=C2O. The second-order valence-corrected chi connectivity index (χ2v) is 12.0.